The highest BCUT2D eigenvalue weighted by Gasteiger charge is 2.11. The lowest BCUT2D eigenvalue weighted by atomic mass is 9.97. The molecule has 0 spiro atoms. The van der Waals surface area contributed by atoms with Crippen molar-refractivity contribution in [2.45, 2.75) is 26.7 Å². The van der Waals surface area contributed by atoms with E-state index >= 15 is 0 Å². The van der Waals surface area contributed by atoms with Gasteiger partial charge in [-0.1, -0.05) is 5.57 Å². The first kappa shape index (κ1) is 7.11. The Morgan fingerprint density at radius 2 is 2.09 bits per heavy atom. The predicted octanol–water partition coefficient (Wildman–Crippen LogP) is 3.41. The standard InChI is InChI=1S/C10H12S/c1-7-3-4-9-8(2)6-11-10(9)5-7/h5-6H,3-4H2,1-2H3. The molecule has 0 aliphatic heterocycles. The molecule has 0 aromatic carbocycles. The van der Waals surface area contributed by atoms with E-state index in [2.05, 4.69) is 25.3 Å². The van der Waals surface area contributed by atoms with Gasteiger partial charge in [0.1, 0.15) is 0 Å². The Morgan fingerprint density at radius 1 is 1.27 bits per heavy atom. The maximum atomic E-state index is 2.33. The maximum absolute atomic E-state index is 2.33. The van der Waals surface area contributed by atoms with Crippen LogP contribution >= 0.6 is 11.3 Å². The number of aryl methyl sites for hydroxylation is 1. The molecule has 0 saturated carbocycles. The quantitative estimate of drug-likeness (QED) is 0.551. The van der Waals surface area contributed by atoms with Gasteiger partial charge >= 0.3 is 0 Å². The summed E-state index contributed by atoms with van der Waals surface area (Å²) in [6.07, 6.45) is 4.84. The fourth-order valence-corrected chi connectivity index (χ4v) is 2.67. The van der Waals surface area contributed by atoms with Gasteiger partial charge in [-0.15, -0.1) is 11.3 Å². The predicted molar refractivity (Wildman–Crippen MR) is 51.0 cm³/mol. The van der Waals surface area contributed by atoms with Crippen molar-refractivity contribution >= 4 is 17.4 Å². The van der Waals surface area contributed by atoms with Crippen molar-refractivity contribution in [3.8, 4) is 0 Å². The van der Waals surface area contributed by atoms with Crippen molar-refractivity contribution in [1.29, 1.82) is 0 Å². The third-order valence-electron chi connectivity index (χ3n) is 2.28. The largest absolute Gasteiger partial charge is 0.144 e. The van der Waals surface area contributed by atoms with Crippen molar-refractivity contribution in [2.24, 2.45) is 0 Å². The summed E-state index contributed by atoms with van der Waals surface area (Å²) in [6, 6.07) is 0. The Morgan fingerprint density at radius 3 is 2.91 bits per heavy atom. The van der Waals surface area contributed by atoms with E-state index in [1.54, 1.807) is 5.56 Å². The summed E-state index contributed by atoms with van der Waals surface area (Å²) in [6.45, 7) is 4.43. The van der Waals surface area contributed by atoms with Crippen molar-refractivity contribution in [2.75, 3.05) is 0 Å². The number of fused-ring (bicyclic) bond motifs is 1. The van der Waals surface area contributed by atoms with E-state index in [0.29, 0.717) is 0 Å². The molecule has 1 aromatic rings. The lowest BCUT2D eigenvalue weighted by Crippen LogP contribution is -1.94. The lowest BCUT2D eigenvalue weighted by molar-refractivity contribution is 0.927. The van der Waals surface area contributed by atoms with Crippen LogP contribution < -0.4 is 0 Å². The Labute approximate surface area is 71.6 Å². The highest BCUT2D eigenvalue weighted by Crippen LogP contribution is 2.30. The second kappa shape index (κ2) is 2.49. The molecule has 0 unspecified atom stereocenters. The van der Waals surface area contributed by atoms with Crippen LogP contribution in [0.25, 0.3) is 6.08 Å². The van der Waals surface area contributed by atoms with Crippen LogP contribution in [0.3, 0.4) is 0 Å². The zero-order valence-corrected chi connectivity index (χ0v) is 7.79. The number of hydrogen-bond donors (Lipinski definition) is 0. The van der Waals surface area contributed by atoms with E-state index in [4.69, 9.17) is 0 Å². The van der Waals surface area contributed by atoms with Gasteiger partial charge in [0, 0.05) is 4.88 Å². The summed E-state index contributed by atoms with van der Waals surface area (Å²) in [5, 5.41) is 2.26. The lowest BCUT2D eigenvalue weighted by Gasteiger charge is -2.09. The highest BCUT2D eigenvalue weighted by atomic mass is 32.1. The molecule has 58 valence electrons. The van der Waals surface area contributed by atoms with E-state index < -0.39 is 0 Å². The van der Waals surface area contributed by atoms with E-state index in [-0.39, 0.29) is 0 Å². The molecule has 1 heteroatoms. The molecule has 11 heavy (non-hydrogen) atoms. The van der Waals surface area contributed by atoms with E-state index in [1.807, 2.05) is 11.3 Å². The van der Waals surface area contributed by atoms with Crippen molar-refractivity contribution in [3.63, 3.8) is 0 Å². The van der Waals surface area contributed by atoms with Gasteiger partial charge in [-0.05, 0) is 49.3 Å². The van der Waals surface area contributed by atoms with Crippen LogP contribution in [-0.2, 0) is 6.42 Å². The monoisotopic (exact) mass is 164 g/mol. The van der Waals surface area contributed by atoms with Crippen LogP contribution in [0.15, 0.2) is 11.0 Å². The summed E-state index contributed by atoms with van der Waals surface area (Å²) in [4.78, 5) is 1.49. The SMILES string of the molecule is CC1=Cc2scc(C)c2CC1. The second-order valence-corrected chi connectivity index (χ2v) is 4.16. The molecule has 1 heterocycles. The molecule has 1 aliphatic carbocycles. The Kier molecular flexibility index (Phi) is 1.61. The first-order valence-electron chi connectivity index (χ1n) is 4.01. The molecule has 0 bridgehead atoms. The minimum Gasteiger partial charge on any atom is -0.144 e. The van der Waals surface area contributed by atoms with E-state index in [1.165, 1.54) is 28.9 Å². The first-order chi connectivity index (χ1) is 5.27. The summed E-state index contributed by atoms with van der Waals surface area (Å²) >= 11 is 1.88. The van der Waals surface area contributed by atoms with Gasteiger partial charge in [0.2, 0.25) is 0 Å². The molecular weight excluding hydrogens is 152 g/mol. The average molecular weight is 164 g/mol. The summed E-state index contributed by atoms with van der Waals surface area (Å²) in [5.74, 6) is 0. The third kappa shape index (κ3) is 1.14. The minimum atomic E-state index is 1.25. The Hall–Kier alpha value is -0.560. The Balaban J connectivity index is 2.53. The second-order valence-electron chi connectivity index (χ2n) is 3.25. The third-order valence-corrected chi connectivity index (χ3v) is 3.37. The zero-order valence-electron chi connectivity index (χ0n) is 6.98. The molecule has 1 aromatic heterocycles. The van der Waals surface area contributed by atoms with Crippen LogP contribution in [0.5, 0.6) is 0 Å². The molecule has 0 saturated heterocycles. The van der Waals surface area contributed by atoms with Crippen LogP contribution in [0.1, 0.15) is 29.3 Å². The fraction of sp³-hybridized carbons (Fsp3) is 0.400. The zero-order chi connectivity index (χ0) is 7.84. The van der Waals surface area contributed by atoms with Gasteiger partial charge < -0.3 is 0 Å². The molecule has 0 amide bonds. The van der Waals surface area contributed by atoms with Crippen LogP contribution in [0, 0.1) is 6.92 Å². The smallest absolute Gasteiger partial charge is 0.0304 e. The number of rotatable bonds is 0. The van der Waals surface area contributed by atoms with Gasteiger partial charge in [0.15, 0.2) is 0 Å². The average Bonchev–Trinajstić information content (AvgIpc) is 2.32. The summed E-state index contributed by atoms with van der Waals surface area (Å²) < 4.78 is 0. The van der Waals surface area contributed by atoms with Crippen LogP contribution in [0.4, 0.5) is 0 Å². The van der Waals surface area contributed by atoms with Crippen molar-refractivity contribution in [3.05, 3.63) is 27.0 Å². The van der Waals surface area contributed by atoms with Crippen molar-refractivity contribution in [1.82, 2.24) is 0 Å². The molecule has 0 N–H and O–H groups in total. The highest BCUT2D eigenvalue weighted by molar-refractivity contribution is 7.11. The summed E-state index contributed by atoms with van der Waals surface area (Å²) in [7, 11) is 0. The minimum absolute atomic E-state index is 1.25. The summed E-state index contributed by atoms with van der Waals surface area (Å²) in [5.41, 5.74) is 4.59. The van der Waals surface area contributed by atoms with Crippen LogP contribution in [-0.4, -0.2) is 0 Å². The fourth-order valence-electron chi connectivity index (χ4n) is 1.55. The number of thiophene rings is 1. The molecule has 2 rings (SSSR count). The maximum Gasteiger partial charge on any atom is 0.0304 e. The molecule has 0 nitrogen and oxygen atoms in total. The Bertz CT molecular complexity index is 305. The molecule has 0 atom stereocenters. The number of hydrogen-bond acceptors (Lipinski definition) is 1. The molecular formula is C10H12S. The molecule has 1 aliphatic rings. The van der Waals surface area contributed by atoms with Gasteiger partial charge in [0.25, 0.3) is 0 Å². The van der Waals surface area contributed by atoms with Gasteiger partial charge in [0.05, 0.1) is 0 Å². The van der Waals surface area contributed by atoms with Gasteiger partial charge in [-0.25, -0.2) is 0 Å². The first-order valence-corrected chi connectivity index (χ1v) is 4.89. The van der Waals surface area contributed by atoms with Gasteiger partial charge in [-0.3, -0.25) is 0 Å². The van der Waals surface area contributed by atoms with Gasteiger partial charge in [-0.2, -0.15) is 0 Å². The molecule has 0 fully saturated rings. The topological polar surface area (TPSA) is 0 Å². The van der Waals surface area contributed by atoms with E-state index in [9.17, 15) is 0 Å². The normalized spacial score (nSPS) is 16.0. The van der Waals surface area contributed by atoms with E-state index in [0.717, 1.165) is 0 Å². The number of allylic oxidation sites excluding steroid dienone is 1. The molecule has 0 radical (unpaired) electrons. The van der Waals surface area contributed by atoms with Crippen molar-refractivity contribution < 1.29 is 0 Å². The van der Waals surface area contributed by atoms with Crippen LogP contribution in [0.2, 0.25) is 0 Å².